The minimum atomic E-state index is 0.457. The molecule has 0 amide bonds. The Morgan fingerprint density at radius 1 is 1.67 bits per heavy atom. The molecule has 2 aliphatic heterocycles. The third-order valence-electron chi connectivity index (χ3n) is 2.70. The number of aromatic amines is 1. The summed E-state index contributed by atoms with van der Waals surface area (Å²) in [5.74, 6) is 1.13. The first kappa shape index (κ1) is 6.48. The van der Waals surface area contributed by atoms with Crippen LogP contribution in [-0.4, -0.2) is 35.5 Å². The van der Waals surface area contributed by atoms with Gasteiger partial charge in [0.15, 0.2) is 0 Å². The molecule has 0 aromatic carbocycles. The molecule has 1 unspecified atom stereocenters. The highest BCUT2D eigenvalue weighted by atomic mass is 16.5. The number of hydrogen-bond acceptors (Lipinski definition) is 3. The number of rotatable bonds is 1. The normalized spacial score (nSPS) is 33.2. The zero-order chi connectivity index (χ0) is 7.97. The van der Waals surface area contributed by atoms with Gasteiger partial charge in [-0.2, -0.15) is 5.10 Å². The van der Waals surface area contributed by atoms with E-state index in [1.165, 1.54) is 6.42 Å². The van der Waals surface area contributed by atoms with Gasteiger partial charge < -0.3 is 9.64 Å². The summed E-state index contributed by atoms with van der Waals surface area (Å²) in [7, 11) is 0. The van der Waals surface area contributed by atoms with Gasteiger partial charge in [0.25, 0.3) is 0 Å². The van der Waals surface area contributed by atoms with Gasteiger partial charge in [-0.15, -0.1) is 0 Å². The monoisotopic (exact) mass is 165 g/mol. The number of ether oxygens (including phenoxy) is 1. The number of morpholine rings is 1. The molecular formula is C8H11N3O. The molecule has 0 spiro atoms. The summed E-state index contributed by atoms with van der Waals surface area (Å²) >= 11 is 0. The molecule has 3 heterocycles. The van der Waals surface area contributed by atoms with Crippen molar-refractivity contribution < 1.29 is 4.74 Å². The Labute approximate surface area is 70.5 Å². The summed E-state index contributed by atoms with van der Waals surface area (Å²) in [6.45, 7) is 1.90. The average molecular weight is 165 g/mol. The highest BCUT2D eigenvalue weighted by molar-refractivity contribution is 5.41. The van der Waals surface area contributed by atoms with Gasteiger partial charge in [-0.1, -0.05) is 0 Å². The van der Waals surface area contributed by atoms with E-state index in [1.54, 1.807) is 6.20 Å². The third-order valence-corrected chi connectivity index (χ3v) is 2.70. The lowest BCUT2D eigenvalue weighted by Gasteiger charge is -2.26. The number of H-pyrrole nitrogens is 1. The van der Waals surface area contributed by atoms with Crippen molar-refractivity contribution in [3.8, 4) is 0 Å². The zero-order valence-electron chi connectivity index (χ0n) is 6.73. The van der Waals surface area contributed by atoms with E-state index in [9.17, 15) is 0 Å². The minimum absolute atomic E-state index is 0.457. The first-order valence-corrected chi connectivity index (χ1v) is 4.31. The van der Waals surface area contributed by atoms with Crippen LogP contribution in [0.1, 0.15) is 6.42 Å². The molecule has 2 bridgehead atoms. The number of anilines is 1. The lowest BCUT2D eigenvalue weighted by atomic mass is 10.2. The lowest BCUT2D eigenvalue weighted by Crippen LogP contribution is -2.37. The fraction of sp³-hybridized carbons (Fsp3) is 0.625. The maximum Gasteiger partial charge on any atom is 0.124 e. The van der Waals surface area contributed by atoms with E-state index in [0.717, 1.165) is 19.0 Å². The standard InChI is InChI=1S/C8H11N3O/c1-2-9-10-8(1)11-4-7-3-6(11)5-12-7/h1-2,6-7H,3-5H2,(H,9,10)/t6-,7?/m1/s1. The van der Waals surface area contributed by atoms with Gasteiger partial charge in [-0.05, 0) is 6.42 Å². The molecule has 2 atom stereocenters. The second-order valence-corrected chi connectivity index (χ2v) is 3.44. The Kier molecular flexibility index (Phi) is 1.20. The summed E-state index contributed by atoms with van der Waals surface area (Å²) in [5, 5.41) is 6.93. The van der Waals surface area contributed by atoms with Crippen LogP contribution in [0, 0.1) is 0 Å². The highest BCUT2D eigenvalue weighted by Crippen LogP contribution is 2.30. The Balaban J connectivity index is 1.87. The molecule has 2 aliphatic rings. The smallest absolute Gasteiger partial charge is 0.124 e. The number of aromatic nitrogens is 2. The van der Waals surface area contributed by atoms with Crippen molar-refractivity contribution in [3.63, 3.8) is 0 Å². The predicted molar refractivity (Wildman–Crippen MR) is 44.1 cm³/mol. The van der Waals surface area contributed by atoms with E-state index in [2.05, 4.69) is 15.1 Å². The molecule has 12 heavy (non-hydrogen) atoms. The molecule has 4 heteroatoms. The number of nitrogens with zero attached hydrogens (tertiary/aromatic N) is 2. The summed E-state index contributed by atoms with van der Waals surface area (Å²) < 4.78 is 5.50. The summed E-state index contributed by atoms with van der Waals surface area (Å²) in [5.41, 5.74) is 0. The van der Waals surface area contributed by atoms with Crippen LogP contribution in [-0.2, 0) is 4.74 Å². The molecule has 0 aliphatic carbocycles. The summed E-state index contributed by atoms with van der Waals surface area (Å²) in [6, 6.07) is 2.59. The Hall–Kier alpha value is -1.03. The van der Waals surface area contributed by atoms with Crippen LogP contribution in [0.15, 0.2) is 12.3 Å². The van der Waals surface area contributed by atoms with E-state index in [0.29, 0.717) is 12.1 Å². The molecule has 1 aromatic rings. The molecule has 1 N–H and O–H groups in total. The molecular weight excluding hydrogens is 154 g/mol. The molecule has 0 saturated carbocycles. The van der Waals surface area contributed by atoms with Crippen molar-refractivity contribution in [1.29, 1.82) is 0 Å². The van der Waals surface area contributed by atoms with E-state index < -0.39 is 0 Å². The second kappa shape index (κ2) is 2.23. The predicted octanol–water partition coefficient (Wildman–Crippen LogP) is 0.387. The van der Waals surface area contributed by atoms with Crippen molar-refractivity contribution in [2.24, 2.45) is 0 Å². The van der Waals surface area contributed by atoms with Crippen LogP contribution < -0.4 is 4.90 Å². The lowest BCUT2D eigenvalue weighted by molar-refractivity contribution is 0.0989. The first-order valence-electron chi connectivity index (χ1n) is 4.31. The van der Waals surface area contributed by atoms with E-state index >= 15 is 0 Å². The summed E-state index contributed by atoms with van der Waals surface area (Å²) in [6.07, 6.45) is 3.43. The van der Waals surface area contributed by atoms with E-state index in [-0.39, 0.29) is 0 Å². The van der Waals surface area contributed by atoms with Crippen molar-refractivity contribution in [2.75, 3.05) is 18.1 Å². The van der Waals surface area contributed by atoms with Crippen LogP contribution >= 0.6 is 0 Å². The van der Waals surface area contributed by atoms with Gasteiger partial charge in [-0.3, -0.25) is 5.10 Å². The summed E-state index contributed by atoms with van der Waals surface area (Å²) in [4.78, 5) is 2.35. The van der Waals surface area contributed by atoms with Crippen molar-refractivity contribution in [3.05, 3.63) is 12.3 Å². The maximum atomic E-state index is 5.50. The van der Waals surface area contributed by atoms with Gasteiger partial charge in [0.05, 0.1) is 24.9 Å². The third kappa shape index (κ3) is 0.783. The molecule has 2 saturated heterocycles. The van der Waals surface area contributed by atoms with Crippen molar-refractivity contribution >= 4 is 5.82 Å². The molecule has 0 radical (unpaired) electrons. The Morgan fingerprint density at radius 3 is 3.25 bits per heavy atom. The van der Waals surface area contributed by atoms with Crippen LogP contribution in [0.4, 0.5) is 5.82 Å². The average Bonchev–Trinajstić information content (AvgIpc) is 2.81. The van der Waals surface area contributed by atoms with Crippen molar-refractivity contribution in [1.82, 2.24) is 10.2 Å². The van der Waals surface area contributed by atoms with Crippen LogP contribution in [0.5, 0.6) is 0 Å². The van der Waals surface area contributed by atoms with E-state index in [4.69, 9.17) is 4.74 Å². The first-order chi connectivity index (χ1) is 5.93. The van der Waals surface area contributed by atoms with E-state index in [1.807, 2.05) is 6.07 Å². The Bertz CT molecular complexity index is 272. The fourth-order valence-electron chi connectivity index (χ4n) is 2.10. The van der Waals surface area contributed by atoms with Gasteiger partial charge in [0, 0.05) is 12.6 Å². The molecule has 4 nitrogen and oxygen atoms in total. The fourth-order valence-corrected chi connectivity index (χ4v) is 2.10. The zero-order valence-corrected chi connectivity index (χ0v) is 6.73. The maximum absolute atomic E-state index is 5.50. The molecule has 2 fully saturated rings. The second-order valence-electron chi connectivity index (χ2n) is 3.44. The van der Waals surface area contributed by atoms with Gasteiger partial charge in [0.2, 0.25) is 0 Å². The highest BCUT2D eigenvalue weighted by Gasteiger charge is 2.39. The van der Waals surface area contributed by atoms with Gasteiger partial charge in [-0.25, -0.2) is 0 Å². The molecule has 3 rings (SSSR count). The van der Waals surface area contributed by atoms with Crippen LogP contribution in [0.2, 0.25) is 0 Å². The topological polar surface area (TPSA) is 41.1 Å². The largest absolute Gasteiger partial charge is 0.374 e. The van der Waals surface area contributed by atoms with Crippen LogP contribution in [0.3, 0.4) is 0 Å². The van der Waals surface area contributed by atoms with Gasteiger partial charge in [0.1, 0.15) is 5.82 Å². The SMILES string of the molecule is c1cc(N2CC3C[C@@H]2CO3)[nH]n1. The minimum Gasteiger partial charge on any atom is -0.374 e. The molecule has 64 valence electrons. The van der Waals surface area contributed by atoms with Crippen molar-refractivity contribution in [2.45, 2.75) is 18.6 Å². The number of nitrogens with one attached hydrogen (secondary N) is 1. The van der Waals surface area contributed by atoms with Gasteiger partial charge >= 0.3 is 0 Å². The molecule has 1 aromatic heterocycles. The number of fused-ring (bicyclic) bond motifs is 2. The number of hydrogen-bond donors (Lipinski definition) is 1. The van der Waals surface area contributed by atoms with Crippen LogP contribution in [0.25, 0.3) is 0 Å². The quantitative estimate of drug-likeness (QED) is 0.654. The Morgan fingerprint density at radius 2 is 2.67 bits per heavy atom.